The first-order valence-electron chi connectivity index (χ1n) is 11.4. The van der Waals surface area contributed by atoms with Gasteiger partial charge in [-0.25, -0.2) is 15.0 Å². The molecule has 0 spiro atoms. The summed E-state index contributed by atoms with van der Waals surface area (Å²) in [6.45, 7) is 0. The number of hydrogen-bond acceptors (Lipinski definition) is 10. The van der Waals surface area contributed by atoms with Crippen LogP contribution in [0.15, 0.2) is 51.4 Å². The lowest BCUT2D eigenvalue weighted by Crippen LogP contribution is -2.48. The quantitative estimate of drug-likeness (QED) is 0.488. The molecule has 10 nitrogen and oxygen atoms in total. The molecular formula is C27H24N4O6. The molecule has 10 heteroatoms. The van der Waals surface area contributed by atoms with Crippen molar-refractivity contribution in [2.45, 2.75) is 0 Å². The van der Waals surface area contributed by atoms with Crippen LogP contribution >= 0.6 is 0 Å². The average Bonchev–Trinajstić information content (AvgIpc) is 2.94. The van der Waals surface area contributed by atoms with E-state index in [1.54, 1.807) is 42.7 Å². The van der Waals surface area contributed by atoms with Gasteiger partial charge in [0.05, 0.1) is 59.7 Å². The molecular weight excluding hydrogens is 476 g/mol. The molecule has 0 unspecified atom stereocenters. The molecule has 3 aromatic rings. The van der Waals surface area contributed by atoms with Crippen molar-refractivity contribution >= 4 is 34.6 Å². The summed E-state index contributed by atoms with van der Waals surface area (Å²) in [6.07, 6.45) is 0. The number of amidine groups is 3. The Bertz CT molecular complexity index is 1370. The standard InChI is InChI=1S/C27H24N4O6/c1-32-19-7-13-16(10-22(19)35-4)28-26-15-9-21(34-3)24(37-6)12-18(15)30-27-14-8-20(33-2)23(36-5)11-17(14)29-25(13)31(26)27/h7-12H,1-6H3. The first-order chi connectivity index (χ1) is 18.0. The van der Waals surface area contributed by atoms with E-state index >= 15 is 0 Å². The zero-order valence-corrected chi connectivity index (χ0v) is 21.2. The number of nitrogens with zero attached hydrogens (tertiary/aromatic N) is 4. The van der Waals surface area contributed by atoms with Crippen LogP contribution in [-0.4, -0.2) is 65.1 Å². The Morgan fingerprint density at radius 3 is 0.892 bits per heavy atom. The zero-order chi connectivity index (χ0) is 25.8. The highest BCUT2D eigenvalue weighted by Crippen LogP contribution is 2.47. The second-order valence-corrected chi connectivity index (χ2v) is 8.31. The highest BCUT2D eigenvalue weighted by molar-refractivity contribution is 6.36. The number of methoxy groups -OCH3 is 6. The molecule has 3 aromatic carbocycles. The van der Waals surface area contributed by atoms with Crippen LogP contribution in [0.5, 0.6) is 34.5 Å². The van der Waals surface area contributed by atoms with E-state index in [0.717, 1.165) is 16.7 Å². The summed E-state index contributed by atoms with van der Waals surface area (Å²) < 4.78 is 33.4. The van der Waals surface area contributed by atoms with Gasteiger partial charge in [-0.15, -0.1) is 0 Å². The normalized spacial score (nSPS) is 14.1. The molecule has 0 radical (unpaired) electrons. The van der Waals surface area contributed by atoms with Gasteiger partial charge in [-0.1, -0.05) is 0 Å². The second-order valence-electron chi connectivity index (χ2n) is 8.31. The van der Waals surface area contributed by atoms with Gasteiger partial charge in [-0.2, -0.15) is 0 Å². The topological polar surface area (TPSA) is 95.7 Å². The van der Waals surface area contributed by atoms with Gasteiger partial charge in [-0.05, 0) is 18.2 Å². The van der Waals surface area contributed by atoms with Crippen LogP contribution in [0, 0.1) is 0 Å². The number of hydrogen-bond donors (Lipinski definition) is 0. The lowest BCUT2D eigenvalue weighted by atomic mass is 9.97. The van der Waals surface area contributed by atoms with E-state index in [4.69, 9.17) is 43.4 Å². The summed E-state index contributed by atoms with van der Waals surface area (Å²) in [5, 5.41) is 0. The van der Waals surface area contributed by atoms with Gasteiger partial charge in [-0.3, -0.25) is 4.90 Å². The van der Waals surface area contributed by atoms with E-state index in [0.29, 0.717) is 69.1 Å². The maximum Gasteiger partial charge on any atom is 0.162 e. The third-order valence-corrected chi connectivity index (χ3v) is 6.54. The Kier molecular flexibility index (Phi) is 5.18. The zero-order valence-electron chi connectivity index (χ0n) is 21.2. The predicted octanol–water partition coefficient (Wildman–Crippen LogP) is 4.62. The van der Waals surface area contributed by atoms with Crippen LogP contribution in [0.2, 0.25) is 0 Å². The molecule has 0 aromatic heterocycles. The number of fused-ring (bicyclic) bond motifs is 6. The lowest BCUT2D eigenvalue weighted by Gasteiger charge is -2.38. The molecule has 0 saturated heterocycles. The van der Waals surface area contributed by atoms with Crippen molar-refractivity contribution in [2.75, 3.05) is 42.7 Å². The van der Waals surface area contributed by atoms with Gasteiger partial charge in [0, 0.05) is 34.9 Å². The molecule has 0 bridgehead atoms. The van der Waals surface area contributed by atoms with Crippen molar-refractivity contribution in [1.29, 1.82) is 0 Å². The molecule has 3 aliphatic heterocycles. The fourth-order valence-corrected chi connectivity index (χ4v) is 4.75. The van der Waals surface area contributed by atoms with E-state index in [1.165, 1.54) is 0 Å². The van der Waals surface area contributed by atoms with Crippen LogP contribution in [-0.2, 0) is 0 Å². The van der Waals surface area contributed by atoms with Crippen LogP contribution in [0.3, 0.4) is 0 Å². The molecule has 6 rings (SSSR count). The molecule has 188 valence electrons. The Balaban J connectivity index is 1.71. The van der Waals surface area contributed by atoms with E-state index in [2.05, 4.69) is 0 Å². The van der Waals surface area contributed by atoms with E-state index < -0.39 is 0 Å². The lowest BCUT2D eigenvalue weighted by molar-refractivity contribution is 0.354. The minimum Gasteiger partial charge on any atom is -0.493 e. The molecule has 0 N–H and O–H groups in total. The fourth-order valence-electron chi connectivity index (χ4n) is 4.75. The van der Waals surface area contributed by atoms with Crippen molar-refractivity contribution in [3.8, 4) is 34.5 Å². The third-order valence-electron chi connectivity index (χ3n) is 6.54. The smallest absolute Gasteiger partial charge is 0.162 e. The van der Waals surface area contributed by atoms with Gasteiger partial charge in [0.2, 0.25) is 0 Å². The molecule has 0 aliphatic carbocycles. The monoisotopic (exact) mass is 500 g/mol. The minimum atomic E-state index is 0.569. The second kappa shape index (κ2) is 8.44. The van der Waals surface area contributed by atoms with Crippen LogP contribution in [0.1, 0.15) is 16.7 Å². The van der Waals surface area contributed by atoms with Gasteiger partial charge >= 0.3 is 0 Å². The molecule has 0 amide bonds. The Labute approximate surface area is 213 Å². The van der Waals surface area contributed by atoms with E-state index in [1.807, 2.05) is 41.3 Å². The molecule has 0 atom stereocenters. The SMILES string of the molecule is COc1cc2c(cc1OC)C1=Nc3cc(OC)c(OC)cc3C3=Nc4cc(OC)c(OC)cc4C(=N2)N13. The number of ether oxygens (including phenoxy) is 6. The first-order valence-corrected chi connectivity index (χ1v) is 11.4. The average molecular weight is 501 g/mol. The summed E-state index contributed by atoms with van der Waals surface area (Å²) >= 11 is 0. The summed E-state index contributed by atoms with van der Waals surface area (Å²) in [5.41, 5.74) is 4.39. The Hall–Kier alpha value is -4.73. The molecule has 37 heavy (non-hydrogen) atoms. The van der Waals surface area contributed by atoms with Crippen molar-refractivity contribution in [2.24, 2.45) is 15.0 Å². The van der Waals surface area contributed by atoms with Gasteiger partial charge < -0.3 is 28.4 Å². The third kappa shape index (κ3) is 3.22. The largest absolute Gasteiger partial charge is 0.493 e. The highest BCUT2D eigenvalue weighted by atomic mass is 16.5. The minimum absolute atomic E-state index is 0.569. The maximum atomic E-state index is 5.58. The number of aliphatic imine (C=N–C) groups is 3. The van der Waals surface area contributed by atoms with Crippen LogP contribution in [0.4, 0.5) is 17.1 Å². The van der Waals surface area contributed by atoms with Crippen LogP contribution < -0.4 is 28.4 Å². The molecule has 3 heterocycles. The summed E-state index contributed by atoms with van der Waals surface area (Å²) in [4.78, 5) is 17.1. The van der Waals surface area contributed by atoms with Gasteiger partial charge in [0.15, 0.2) is 34.5 Å². The Morgan fingerprint density at radius 1 is 0.405 bits per heavy atom. The van der Waals surface area contributed by atoms with Crippen molar-refractivity contribution in [3.63, 3.8) is 0 Å². The van der Waals surface area contributed by atoms with E-state index in [9.17, 15) is 0 Å². The van der Waals surface area contributed by atoms with Crippen molar-refractivity contribution in [3.05, 3.63) is 53.1 Å². The molecule has 0 fully saturated rings. The number of rotatable bonds is 6. The first kappa shape index (κ1) is 22.7. The van der Waals surface area contributed by atoms with Crippen LogP contribution in [0.25, 0.3) is 0 Å². The summed E-state index contributed by atoms with van der Waals surface area (Å²) in [7, 11) is 9.58. The van der Waals surface area contributed by atoms with Gasteiger partial charge in [0.25, 0.3) is 0 Å². The molecule has 3 aliphatic rings. The van der Waals surface area contributed by atoms with Gasteiger partial charge in [0.1, 0.15) is 17.5 Å². The predicted molar refractivity (Wildman–Crippen MR) is 139 cm³/mol. The van der Waals surface area contributed by atoms with E-state index in [-0.39, 0.29) is 0 Å². The molecule has 0 saturated carbocycles. The van der Waals surface area contributed by atoms with Crippen molar-refractivity contribution in [1.82, 2.24) is 4.90 Å². The van der Waals surface area contributed by atoms with Crippen molar-refractivity contribution < 1.29 is 28.4 Å². The Morgan fingerprint density at radius 2 is 0.649 bits per heavy atom. The summed E-state index contributed by atoms with van der Waals surface area (Å²) in [6, 6.07) is 11.2. The fraction of sp³-hybridized carbons (Fsp3) is 0.222. The highest BCUT2D eigenvalue weighted by Gasteiger charge is 2.40. The number of benzene rings is 3. The summed E-state index contributed by atoms with van der Waals surface area (Å²) in [5.74, 6) is 5.38. The maximum absolute atomic E-state index is 5.58.